The van der Waals surface area contributed by atoms with Crippen molar-refractivity contribution in [3.05, 3.63) is 64.7 Å². The molecule has 1 heterocycles. The van der Waals surface area contributed by atoms with E-state index in [0.29, 0.717) is 18.1 Å². The molecule has 22 heavy (non-hydrogen) atoms. The molecule has 2 unspecified atom stereocenters. The van der Waals surface area contributed by atoms with Crippen molar-refractivity contribution in [3.8, 4) is 0 Å². The first-order valence-electron chi connectivity index (χ1n) is 7.24. The van der Waals surface area contributed by atoms with Gasteiger partial charge in [-0.1, -0.05) is 29.8 Å². The average molecular weight is 323 g/mol. The monoisotopic (exact) mass is 322 g/mol. The molecule has 0 saturated carbocycles. The molecule has 2 aromatic carbocycles. The van der Waals surface area contributed by atoms with Crippen molar-refractivity contribution in [1.82, 2.24) is 0 Å². The van der Waals surface area contributed by atoms with Crippen LogP contribution in [0.4, 0.5) is 14.5 Å². The summed E-state index contributed by atoms with van der Waals surface area (Å²) in [6.07, 6.45) is 0.815. The van der Waals surface area contributed by atoms with Gasteiger partial charge in [-0.05, 0) is 36.2 Å². The number of nitrogens with zero attached hydrogens (tertiary/aromatic N) is 1. The van der Waals surface area contributed by atoms with Gasteiger partial charge in [-0.2, -0.15) is 0 Å². The van der Waals surface area contributed by atoms with Crippen molar-refractivity contribution < 1.29 is 8.78 Å². The Morgan fingerprint density at radius 2 is 1.77 bits per heavy atom. The van der Waals surface area contributed by atoms with Crippen LogP contribution in [0.5, 0.6) is 0 Å². The summed E-state index contributed by atoms with van der Waals surface area (Å²) in [5, 5.41) is 0.678. The van der Waals surface area contributed by atoms with Gasteiger partial charge in [0.2, 0.25) is 0 Å². The van der Waals surface area contributed by atoms with Gasteiger partial charge in [0, 0.05) is 30.1 Å². The lowest BCUT2D eigenvalue weighted by Crippen LogP contribution is -2.46. The van der Waals surface area contributed by atoms with Crippen molar-refractivity contribution in [2.45, 2.75) is 18.4 Å². The Kier molecular flexibility index (Phi) is 4.32. The molecule has 1 fully saturated rings. The number of rotatable bonds is 2. The van der Waals surface area contributed by atoms with E-state index in [0.717, 1.165) is 18.1 Å². The summed E-state index contributed by atoms with van der Waals surface area (Å²) in [6.45, 7) is 1.13. The van der Waals surface area contributed by atoms with Crippen molar-refractivity contribution >= 4 is 17.3 Å². The molecule has 0 radical (unpaired) electrons. The lowest BCUT2D eigenvalue weighted by atomic mass is 9.88. The molecule has 0 aliphatic carbocycles. The van der Waals surface area contributed by atoms with E-state index in [2.05, 4.69) is 0 Å². The molecule has 0 aromatic heterocycles. The average Bonchev–Trinajstić information content (AvgIpc) is 2.50. The molecule has 2 N–H and O–H groups in total. The second-order valence-electron chi connectivity index (χ2n) is 5.72. The topological polar surface area (TPSA) is 29.3 Å². The molecule has 0 amide bonds. The number of piperidine rings is 1. The highest BCUT2D eigenvalue weighted by Gasteiger charge is 2.28. The Morgan fingerprint density at radius 1 is 1.05 bits per heavy atom. The Hall–Kier alpha value is -1.65. The second kappa shape index (κ2) is 6.23. The normalized spacial score (nSPS) is 21.9. The summed E-state index contributed by atoms with van der Waals surface area (Å²) in [5.74, 6) is -1.48. The molecule has 3 rings (SSSR count). The molecule has 1 aliphatic rings. The first kappa shape index (κ1) is 15.3. The van der Waals surface area contributed by atoms with E-state index < -0.39 is 11.6 Å². The predicted molar refractivity (Wildman–Crippen MR) is 85.4 cm³/mol. The van der Waals surface area contributed by atoms with E-state index in [1.807, 2.05) is 29.2 Å². The fraction of sp³-hybridized carbons (Fsp3) is 0.294. The van der Waals surface area contributed by atoms with E-state index in [1.54, 1.807) is 6.07 Å². The van der Waals surface area contributed by atoms with Crippen LogP contribution in [0.1, 0.15) is 17.9 Å². The quantitative estimate of drug-likeness (QED) is 0.907. The number of benzene rings is 2. The van der Waals surface area contributed by atoms with Crippen molar-refractivity contribution in [2.24, 2.45) is 5.73 Å². The molecule has 2 aromatic rings. The lowest BCUT2D eigenvalue weighted by Gasteiger charge is -2.38. The minimum Gasteiger partial charge on any atom is -0.367 e. The van der Waals surface area contributed by atoms with Gasteiger partial charge >= 0.3 is 0 Å². The summed E-state index contributed by atoms with van der Waals surface area (Å²) in [5.41, 5.74) is 7.51. The Bertz CT molecular complexity index is 660. The third-order valence-electron chi connectivity index (χ3n) is 4.10. The van der Waals surface area contributed by atoms with E-state index in [4.69, 9.17) is 17.3 Å². The number of halogens is 3. The SMILES string of the molecule is NC1CC(c2ccc(Cl)cc2)CN(c2cccc(F)c2F)C1. The number of anilines is 1. The molecule has 0 spiro atoms. The first-order valence-corrected chi connectivity index (χ1v) is 7.62. The lowest BCUT2D eigenvalue weighted by molar-refractivity contribution is 0.442. The van der Waals surface area contributed by atoms with Gasteiger partial charge in [-0.3, -0.25) is 0 Å². The Labute approximate surface area is 133 Å². The van der Waals surface area contributed by atoms with E-state index in [1.165, 1.54) is 6.07 Å². The van der Waals surface area contributed by atoms with E-state index in [9.17, 15) is 8.78 Å². The van der Waals surface area contributed by atoms with Crippen LogP contribution >= 0.6 is 11.6 Å². The van der Waals surface area contributed by atoms with Crippen LogP contribution in [0, 0.1) is 11.6 Å². The Balaban J connectivity index is 1.87. The minimum atomic E-state index is -0.834. The number of hydrogen-bond acceptors (Lipinski definition) is 2. The van der Waals surface area contributed by atoms with Crippen LogP contribution in [-0.4, -0.2) is 19.1 Å². The summed E-state index contributed by atoms with van der Waals surface area (Å²) in [4.78, 5) is 1.83. The van der Waals surface area contributed by atoms with Crippen molar-refractivity contribution in [3.63, 3.8) is 0 Å². The molecule has 1 saturated heterocycles. The molecule has 116 valence electrons. The predicted octanol–water partition coefficient (Wildman–Crippen LogP) is 3.94. The summed E-state index contributed by atoms with van der Waals surface area (Å²) >= 11 is 5.92. The largest absolute Gasteiger partial charge is 0.367 e. The highest BCUT2D eigenvalue weighted by molar-refractivity contribution is 6.30. The van der Waals surface area contributed by atoms with Crippen LogP contribution in [0.2, 0.25) is 5.02 Å². The standard InChI is InChI=1S/C17H17ClF2N2/c18-13-6-4-11(5-7-13)12-8-14(21)10-22(9-12)16-3-1-2-15(19)17(16)20/h1-7,12,14H,8-10,21H2. The zero-order valence-corrected chi connectivity index (χ0v) is 12.7. The van der Waals surface area contributed by atoms with Gasteiger partial charge in [0.15, 0.2) is 11.6 Å². The van der Waals surface area contributed by atoms with Gasteiger partial charge in [0.1, 0.15) is 0 Å². The van der Waals surface area contributed by atoms with Gasteiger partial charge in [-0.15, -0.1) is 0 Å². The summed E-state index contributed by atoms with van der Waals surface area (Å²) in [7, 11) is 0. The van der Waals surface area contributed by atoms with Crippen LogP contribution in [0.15, 0.2) is 42.5 Å². The highest BCUT2D eigenvalue weighted by Crippen LogP contribution is 2.31. The van der Waals surface area contributed by atoms with E-state index in [-0.39, 0.29) is 17.6 Å². The van der Waals surface area contributed by atoms with Crippen LogP contribution in [0.25, 0.3) is 0 Å². The number of nitrogens with two attached hydrogens (primary N) is 1. The molecule has 2 nitrogen and oxygen atoms in total. The van der Waals surface area contributed by atoms with Gasteiger partial charge < -0.3 is 10.6 Å². The maximum Gasteiger partial charge on any atom is 0.182 e. The zero-order chi connectivity index (χ0) is 15.7. The summed E-state index contributed by atoms with van der Waals surface area (Å²) < 4.78 is 27.5. The molecular formula is C17H17ClF2N2. The molecule has 0 bridgehead atoms. The van der Waals surface area contributed by atoms with Crippen molar-refractivity contribution in [2.75, 3.05) is 18.0 Å². The fourth-order valence-electron chi connectivity index (χ4n) is 3.05. The summed E-state index contributed by atoms with van der Waals surface area (Å²) in [6, 6.07) is 11.8. The molecular weight excluding hydrogens is 306 g/mol. The minimum absolute atomic E-state index is 0.0860. The molecule has 1 aliphatic heterocycles. The third-order valence-corrected chi connectivity index (χ3v) is 4.35. The van der Waals surface area contributed by atoms with Crippen LogP contribution < -0.4 is 10.6 Å². The maximum atomic E-state index is 14.0. The highest BCUT2D eigenvalue weighted by atomic mass is 35.5. The smallest absolute Gasteiger partial charge is 0.182 e. The third kappa shape index (κ3) is 3.08. The molecule has 2 atom stereocenters. The number of hydrogen-bond donors (Lipinski definition) is 1. The van der Waals surface area contributed by atoms with Gasteiger partial charge in [0.25, 0.3) is 0 Å². The van der Waals surface area contributed by atoms with Gasteiger partial charge in [-0.25, -0.2) is 8.78 Å². The molecule has 5 heteroatoms. The second-order valence-corrected chi connectivity index (χ2v) is 6.16. The first-order chi connectivity index (χ1) is 10.5. The van der Waals surface area contributed by atoms with Gasteiger partial charge in [0.05, 0.1) is 5.69 Å². The van der Waals surface area contributed by atoms with Crippen LogP contribution in [0.3, 0.4) is 0 Å². The Morgan fingerprint density at radius 3 is 2.50 bits per heavy atom. The zero-order valence-electron chi connectivity index (χ0n) is 12.0. The maximum absolute atomic E-state index is 14.0. The van der Waals surface area contributed by atoms with Crippen molar-refractivity contribution in [1.29, 1.82) is 0 Å². The van der Waals surface area contributed by atoms with E-state index >= 15 is 0 Å². The van der Waals surface area contributed by atoms with Crippen LogP contribution in [-0.2, 0) is 0 Å². The fourth-order valence-corrected chi connectivity index (χ4v) is 3.17.